The Labute approximate surface area is 142 Å². The molecule has 4 rings (SSSR count). The van der Waals surface area contributed by atoms with E-state index in [1.165, 1.54) is 18.5 Å². The number of ether oxygens (including phenoxy) is 1. The molecule has 1 fully saturated rings. The molecule has 24 heavy (non-hydrogen) atoms. The maximum atomic E-state index is 12.9. The first-order valence-corrected chi connectivity index (χ1v) is 8.62. The first kappa shape index (κ1) is 15.4. The van der Waals surface area contributed by atoms with Gasteiger partial charge in [-0.15, -0.1) is 0 Å². The predicted octanol–water partition coefficient (Wildman–Crippen LogP) is 1.92. The van der Waals surface area contributed by atoms with Crippen molar-refractivity contribution in [1.82, 2.24) is 19.2 Å². The summed E-state index contributed by atoms with van der Waals surface area (Å²) in [4.78, 5) is 14.8. The normalized spacial score (nSPS) is 20.2. The molecule has 128 valence electrons. The van der Waals surface area contributed by atoms with Gasteiger partial charge in [0.1, 0.15) is 5.69 Å². The molecule has 1 aliphatic heterocycles. The zero-order valence-electron chi connectivity index (χ0n) is 14.3. The lowest BCUT2D eigenvalue weighted by atomic mass is 9.96. The third kappa shape index (κ3) is 2.86. The van der Waals surface area contributed by atoms with Crippen LogP contribution in [0.25, 0.3) is 0 Å². The molecule has 2 aromatic heterocycles. The Bertz CT molecular complexity index is 744. The average molecular weight is 328 g/mol. The van der Waals surface area contributed by atoms with E-state index in [0.717, 1.165) is 23.8 Å². The van der Waals surface area contributed by atoms with Crippen LogP contribution >= 0.6 is 0 Å². The molecule has 1 amide bonds. The van der Waals surface area contributed by atoms with E-state index in [1.54, 1.807) is 0 Å². The van der Waals surface area contributed by atoms with Crippen molar-refractivity contribution in [1.29, 1.82) is 0 Å². The lowest BCUT2D eigenvalue weighted by molar-refractivity contribution is 0.0613. The molecule has 0 bridgehead atoms. The zero-order valence-corrected chi connectivity index (χ0v) is 14.3. The first-order chi connectivity index (χ1) is 11.6. The van der Waals surface area contributed by atoms with E-state index < -0.39 is 0 Å². The molecule has 2 aliphatic rings. The fourth-order valence-corrected chi connectivity index (χ4v) is 3.56. The Morgan fingerprint density at radius 3 is 2.88 bits per heavy atom. The van der Waals surface area contributed by atoms with Crippen molar-refractivity contribution >= 4 is 5.91 Å². The summed E-state index contributed by atoms with van der Waals surface area (Å²) in [5.41, 5.74) is 3.06. The average Bonchev–Trinajstić information content (AvgIpc) is 3.18. The van der Waals surface area contributed by atoms with Crippen molar-refractivity contribution in [3.8, 4) is 0 Å². The highest BCUT2D eigenvalue weighted by Gasteiger charge is 2.32. The number of aromatic nitrogens is 3. The molecular formula is C18H24N4O2. The van der Waals surface area contributed by atoms with Gasteiger partial charge in [-0.1, -0.05) is 0 Å². The number of amides is 1. The lowest BCUT2D eigenvalue weighted by Gasteiger charge is -2.33. The van der Waals surface area contributed by atoms with E-state index in [4.69, 9.17) is 4.74 Å². The Morgan fingerprint density at radius 1 is 1.33 bits per heavy atom. The Hall–Kier alpha value is -2.08. The number of carbonyl (C=O) groups is 1. The van der Waals surface area contributed by atoms with Crippen LogP contribution < -0.4 is 0 Å². The summed E-state index contributed by atoms with van der Waals surface area (Å²) >= 11 is 0. The molecule has 6 nitrogen and oxygen atoms in total. The van der Waals surface area contributed by atoms with Crippen LogP contribution in [-0.2, 0) is 25.4 Å². The van der Waals surface area contributed by atoms with Gasteiger partial charge in [-0.2, -0.15) is 5.10 Å². The first-order valence-electron chi connectivity index (χ1n) is 8.62. The van der Waals surface area contributed by atoms with Crippen LogP contribution in [0.5, 0.6) is 0 Å². The Kier molecular flexibility index (Phi) is 3.92. The number of fused-ring (bicyclic) bond motifs is 1. The molecule has 0 saturated heterocycles. The van der Waals surface area contributed by atoms with E-state index in [1.807, 2.05) is 52.8 Å². The molecule has 0 aromatic carbocycles. The highest BCUT2D eigenvalue weighted by Crippen LogP contribution is 2.32. The predicted molar refractivity (Wildman–Crippen MR) is 89.6 cm³/mol. The molecule has 1 atom stereocenters. The smallest absolute Gasteiger partial charge is 0.270 e. The molecule has 6 heteroatoms. The summed E-state index contributed by atoms with van der Waals surface area (Å²) in [6.45, 7) is 2.79. The SMILES string of the molecule is Cn1cccc1C(=O)N1Cc2cnn(C)c2[C@@H](COCC2CC2)C1. The second kappa shape index (κ2) is 6.09. The van der Waals surface area contributed by atoms with Crippen LogP contribution in [0.2, 0.25) is 0 Å². The van der Waals surface area contributed by atoms with Crippen molar-refractivity contribution in [2.24, 2.45) is 20.0 Å². The second-order valence-corrected chi connectivity index (χ2v) is 7.05. The summed E-state index contributed by atoms with van der Waals surface area (Å²) in [6, 6.07) is 3.78. The molecule has 3 heterocycles. The van der Waals surface area contributed by atoms with Crippen molar-refractivity contribution in [2.45, 2.75) is 25.3 Å². The highest BCUT2D eigenvalue weighted by atomic mass is 16.5. The molecule has 1 aliphatic carbocycles. The van der Waals surface area contributed by atoms with E-state index in [2.05, 4.69) is 5.10 Å². The minimum absolute atomic E-state index is 0.0733. The monoisotopic (exact) mass is 328 g/mol. The second-order valence-electron chi connectivity index (χ2n) is 7.05. The van der Waals surface area contributed by atoms with Crippen LogP contribution in [0.4, 0.5) is 0 Å². The molecule has 0 N–H and O–H groups in total. The van der Waals surface area contributed by atoms with Gasteiger partial charge in [-0.3, -0.25) is 9.48 Å². The third-order valence-electron chi connectivity index (χ3n) is 5.07. The van der Waals surface area contributed by atoms with Gasteiger partial charge in [0, 0.05) is 51.5 Å². The van der Waals surface area contributed by atoms with Crippen LogP contribution in [0, 0.1) is 5.92 Å². The number of nitrogens with zero attached hydrogens (tertiary/aromatic N) is 4. The van der Waals surface area contributed by atoms with Crippen molar-refractivity contribution < 1.29 is 9.53 Å². The molecule has 0 spiro atoms. The maximum Gasteiger partial charge on any atom is 0.270 e. The van der Waals surface area contributed by atoms with Gasteiger partial charge >= 0.3 is 0 Å². The topological polar surface area (TPSA) is 52.3 Å². The van der Waals surface area contributed by atoms with Gasteiger partial charge in [-0.05, 0) is 30.9 Å². The molecule has 0 radical (unpaired) electrons. The van der Waals surface area contributed by atoms with Crippen LogP contribution in [0.3, 0.4) is 0 Å². The number of hydrogen-bond donors (Lipinski definition) is 0. The molecule has 1 saturated carbocycles. The fourth-order valence-electron chi connectivity index (χ4n) is 3.56. The molecule has 2 aromatic rings. The van der Waals surface area contributed by atoms with E-state index >= 15 is 0 Å². The summed E-state index contributed by atoms with van der Waals surface area (Å²) in [5.74, 6) is 1.01. The summed E-state index contributed by atoms with van der Waals surface area (Å²) in [6.07, 6.45) is 6.37. The van der Waals surface area contributed by atoms with Gasteiger partial charge in [0.05, 0.1) is 18.5 Å². The minimum Gasteiger partial charge on any atom is -0.380 e. The van der Waals surface area contributed by atoms with Gasteiger partial charge in [0.25, 0.3) is 5.91 Å². The summed E-state index contributed by atoms with van der Waals surface area (Å²) < 4.78 is 9.75. The maximum absolute atomic E-state index is 12.9. The summed E-state index contributed by atoms with van der Waals surface area (Å²) in [5, 5.41) is 4.40. The van der Waals surface area contributed by atoms with Gasteiger partial charge in [0.15, 0.2) is 0 Å². The van der Waals surface area contributed by atoms with Crippen molar-refractivity contribution in [3.63, 3.8) is 0 Å². The van der Waals surface area contributed by atoms with Crippen molar-refractivity contribution in [2.75, 3.05) is 19.8 Å². The standard InChI is InChI=1S/C18H24N4O2/c1-20-7-3-4-16(20)18(23)22-9-14-8-19-21(2)17(14)15(10-22)12-24-11-13-5-6-13/h3-4,7-8,13,15H,5-6,9-12H2,1-2H3/t15-/m1/s1. The van der Waals surface area contributed by atoms with Gasteiger partial charge < -0.3 is 14.2 Å². The van der Waals surface area contributed by atoms with Gasteiger partial charge in [0.2, 0.25) is 0 Å². The Balaban J connectivity index is 1.53. The zero-order chi connectivity index (χ0) is 16.7. The Morgan fingerprint density at radius 2 is 2.17 bits per heavy atom. The number of aryl methyl sites for hydroxylation is 2. The minimum atomic E-state index is 0.0733. The lowest BCUT2D eigenvalue weighted by Crippen LogP contribution is -2.40. The number of carbonyl (C=O) groups excluding carboxylic acids is 1. The van der Waals surface area contributed by atoms with Crippen LogP contribution in [-0.4, -0.2) is 44.9 Å². The number of rotatable bonds is 5. The largest absolute Gasteiger partial charge is 0.380 e. The molecular weight excluding hydrogens is 304 g/mol. The third-order valence-corrected chi connectivity index (χ3v) is 5.07. The van der Waals surface area contributed by atoms with E-state index in [9.17, 15) is 4.79 Å². The van der Waals surface area contributed by atoms with E-state index in [-0.39, 0.29) is 11.8 Å². The quantitative estimate of drug-likeness (QED) is 0.843. The van der Waals surface area contributed by atoms with Crippen LogP contribution in [0.1, 0.15) is 40.5 Å². The summed E-state index contributed by atoms with van der Waals surface area (Å²) in [7, 11) is 3.88. The highest BCUT2D eigenvalue weighted by molar-refractivity contribution is 5.93. The van der Waals surface area contributed by atoms with Crippen LogP contribution in [0.15, 0.2) is 24.5 Å². The van der Waals surface area contributed by atoms with E-state index in [0.29, 0.717) is 19.7 Å². The van der Waals surface area contributed by atoms with Crippen molar-refractivity contribution in [3.05, 3.63) is 41.5 Å². The fraction of sp³-hybridized carbons (Fsp3) is 0.556. The molecule has 0 unspecified atom stereocenters. The van der Waals surface area contributed by atoms with Gasteiger partial charge in [-0.25, -0.2) is 0 Å². The number of hydrogen-bond acceptors (Lipinski definition) is 3.